The first kappa shape index (κ1) is 14.5. The van der Waals surface area contributed by atoms with Gasteiger partial charge in [0.05, 0.1) is 0 Å². The largest absolute Gasteiger partial charge is 1.00 e. The molecule has 0 N–H and O–H groups in total. The fourth-order valence-corrected chi connectivity index (χ4v) is 2.04. The Hall–Kier alpha value is -0.523. The van der Waals surface area contributed by atoms with E-state index in [-0.39, 0.29) is 42.9 Å². The molecule has 1 aliphatic carbocycles. The standard InChI is InChI=1S/C11H16O3.Li/c1-2-3-4-8-5-10(12)6-9(8)7-11(13)14;/h2-3,8-9H,4-7H2,1H3,(H,13,14);/q;+1/p-1/b3-2-;. The van der Waals surface area contributed by atoms with Crippen LogP contribution in [-0.4, -0.2) is 11.8 Å². The van der Waals surface area contributed by atoms with E-state index < -0.39 is 5.97 Å². The van der Waals surface area contributed by atoms with Gasteiger partial charge in [-0.05, 0) is 31.6 Å². The molecular weight excluding hydrogens is 187 g/mol. The molecule has 15 heavy (non-hydrogen) atoms. The van der Waals surface area contributed by atoms with Gasteiger partial charge in [0.25, 0.3) is 0 Å². The molecule has 0 aromatic carbocycles. The van der Waals surface area contributed by atoms with Crippen molar-refractivity contribution in [2.75, 3.05) is 0 Å². The topological polar surface area (TPSA) is 57.2 Å². The number of Topliss-reactive ketones (excluding diaryl/α,β-unsaturated/α-hetero) is 1. The van der Waals surface area contributed by atoms with E-state index in [1.807, 2.05) is 19.1 Å². The summed E-state index contributed by atoms with van der Waals surface area (Å²) < 4.78 is 0. The van der Waals surface area contributed by atoms with Gasteiger partial charge < -0.3 is 9.90 Å². The molecule has 0 bridgehead atoms. The Balaban J connectivity index is 0.00000196. The molecule has 0 spiro atoms. The van der Waals surface area contributed by atoms with E-state index in [2.05, 4.69) is 0 Å². The molecule has 0 radical (unpaired) electrons. The molecule has 1 aliphatic rings. The van der Waals surface area contributed by atoms with Gasteiger partial charge in [-0.2, -0.15) is 0 Å². The van der Waals surface area contributed by atoms with Gasteiger partial charge in [-0.25, -0.2) is 0 Å². The maximum Gasteiger partial charge on any atom is 1.00 e. The molecule has 0 saturated heterocycles. The second-order valence-electron chi connectivity index (χ2n) is 3.85. The predicted octanol–water partition coefficient (Wildman–Crippen LogP) is -2.31. The van der Waals surface area contributed by atoms with Gasteiger partial charge in [0, 0.05) is 18.8 Å². The summed E-state index contributed by atoms with van der Waals surface area (Å²) in [5, 5.41) is 10.4. The number of aliphatic carboxylic acids is 1. The number of carbonyl (C=O) groups is 2. The van der Waals surface area contributed by atoms with E-state index in [9.17, 15) is 14.7 Å². The van der Waals surface area contributed by atoms with E-state index in [1.165, 1.54) is 0 Å². The Morgan fingerprint density at radius 1 is 1.47 bits per heavy atom. The third kappa shape index (κ3) is 4.68. The van der Waals surface area contributed by atoms with Gasteiger partial charge in [0.2, 0.25) is 0 Å². The van der Waals surface area contributed by atoms with Crippen molar-refractivity contribution < 1.29 is 33.6 Å². The zero-order valence-electron chi connectivity index (χ0n) is 9.36. The Bertz CT molecular complexity index is 261. The van der Waals surface area contributed by atoms with Crippen molar-refractivity contribution in [3.05, 3.63) is 12.2 Å². The summed E-state index contributed by atoms with van der Waals surface area (Å²) >= 11 is 0. The molecule has 3 nitrogen and oxygen atoms in total. The summed E-state index contributed by atoms with van der Waals surface area (Å²) in [6, 6.07) is 0. The van der Waals surface area contributed by atoms with Crippen LogP contribution < -0.4 is 24.0 Å². The zero-order chi connectivity index (χ0) is 10.6. The van der Waals surface area contributed by atoms with Crippen LogP contribution >= 0.6 is 0 Å². The van der Waals surface area contributed by atoms with Crippen molar-refractivity contribution in [1.29, 1.82) is 0 Å². The fourth-order valence-electron chi connectivity index (χ4n) is 2.04. The van der Waals surface area contributed by atoms with Crippen molar-refractivity contribution >= 4 is 11.8 Å². The summed E-state index contributed by atoms with van der Waals surface area (Å²) in [6.45, 7) is 1.92. The van der Waals surface area contributed by atoms with Crippen LogP contribution in [0.2, 0.25) is 0 Å². The summed E-state index contributed by atoms with van der Waals surface area (Å²) in [4.78, 5) is 21.6. The summed E-state index contributed by atoms with van der Waals surface area (Å²) in [7, 11) is 0. The van der Waals surface area contributed by atoms with Crippen molar-refractivity contribution in [3.63, 3.8) is 0 Å². The molecule has 0 aromatic rings. The zero-order valence-corrected chi connectivity index (χ0v) is 9.36. The number of carbonyl (C=O) groups excluding carboxylic acids is 2. The second-order valence-corrected chi connectivity index (χ2v) is 3.85. The van der Waals surface area contributed by atoms with Crippen LogP contribution in [0.1, 0.15) is 32.6 Å². The van der Waals surface area contributed by atoms with E-state index in [1.54, 1.807) is 0 Å². The Morgan fingerprint density at radius 2 is 2.07 bits per heavy atom. The molecule has 0 aromatic heterocycles. The van der Waals surface area contributed by atoms with Crippen LogP contribution in [-0.2, 0) is 9.59 Å². The van der Waals surface area contributed by atoms with Gasteiger partial charge in [-0.3, -0.25) is 4.79 Å². The molecule has 0 aliphatic heterocycles. The average Bonchev–Trinajstić information content (AvgIpc) is 2.41. The number of rotatable bonds is 4. The van der Waals surface area contributed by atoms with E-state index >= 15 is 0 Å². The first-order valence-corrected chi connectivity index (χ1v) is 4.96. The SMILES string of the molecule is C/C=C\CC1CC(=O)CC1CC(=O)[O-].[Li+]. The van der Waals surface area contributed by atoms with Crippen LogP contribution in [0.5, 0.6) is 0 Å². The Kier molecular flexibility index (Phi) is 6.63. The molecule has 78 valence electrons. The molecule has 4 heteroatoms. The molecule has 0 amide bonds. The number of ketones is 1. The molecule has 1 saturated carbocycles. The number of allylic oxidation sites excluding steroid dienone is 2. The summed E-state index contributed by atoms with van der Waals surface area (Å²) in [6.07, 6.45) is 5.69. The molecule has 1 fully saturated rings. The maximum absolute atomic E-state index is 11.2. The predicted molar refractivity (Wildman–Crippen MR) is 50.3 cm³/mol. The van der Waals surface area contributed by atoms with Crippen molar-refractivity contribution in [1.82, 2.24) is 0 Å². The van der Waals surface area contributed by atoms with E-state index in [0.717, 1.165) is 6.42 Å². The van der Waals surface area contributed by atoms with Gasteiger partial charge >= 0.3 is 18.9 Å². The van der Waals surface area contributed by atoms with Crippen molar-refractivity contribution in [2.24, 2.45) is 11.8 Å². The summed E-state index contributed by atoms with van der Waals surface area (Å²) in [5.74, 6) is -0.666. The molecular formula is C11H15LiO3. The molecule has 1 rings (SSSR count). The Labute approximate surface area is 102 Å². The van der Waals surface area contributed by atoms with Gasteiger partial charge in [0.15, 0.2) is 0 Å². The molecule has 2 atom stereocenters. The quantitative estimate of drug-likeness (QED) is 0.380. The number of hydrogen-bond donors (Lipinski definition) is 0. The maximum atomic E-state index is 11.2. The smallest absolute Gasteiger partial charge is 0.550 e. The third-order valence-electron chi connectivity index (χ3n) is 2.75. The molecule has 2 unspecified atom stereocenters. The van der Waals surface area contributed by atoms with Crippen molar-refractivity contribution in [2.45, 2.75) is 32.6 Å². The van der Waals surface area contributed by atoms with Crippen molar-refractivity contribution in [3.8, 4) is 0 Å². The minimum Gasteiger partial charge on any atom is -0.550 e. The summed E-state index contributed by atoms with van der Waals surface area (Å²) in [5.41, 5.74) is 0. The average molecular weight is 202 g/mol. The normalized spacial score (nSPS) is 25.5. The van der Waals surface area contributed by atoms with Gasteiger partial charge in [-0.15, -0.1) is 0 Å². The van der Waals surface area contributed by atoms with Crippen LogP contribution in [0, 0.1) is 11.8 Å². The minimum absolute atomic E-state index is 0. The van der Waals surface area contributed by atoms with Gasteiger partial charge in [-0.1, -0.05) is 12.2 Å². The second kappa shape index (κ2) is 6.87. The monoisotopic (exact) mass is 202 g/mol. The number of hydrogen-bond acceptors (Lipinski definition) is 3. The first-order valence-electron chi connectivity index (χ1n) is 4.96. The fraction of sp³-hybridized carbons (Fsp3) is 0.636. The third-order valence-corrected chi connectivity index (χ3v) is 2.75. The van der Waals surface area contributed by atoms with E-state index in [0.29, 0.717) is 12.8 Å². The van der Waals surface area contributed by atoms with Crippen LogP contribution in [0.4, 0.5) is 0 Å². The van der Waals surface area contributed by atoms with E-state index in [4.69, 9.17) is 0 Å². The number of carboxylic acid groups (broad SMARTS) is 1. The molecule has 0 heterocycles. The first-order chi connectivity index (χ1) is 6.63. The van der Waals surface area contributed by atoms with Crippen LogP contribution in [0.15, 0.2) is 12.2 Å². The van der Waals surface area contributed by atoms with Crippen LogP contribution in [0.25, 0.3) is 0 Å². The van der Waals surface area contributed by atoms with Gasteiger partial charge in [0.1, 0.15) is 5.78 Å². The van der Waals surface area contributed by atoms with Crippen LogP contribution in [0.3, 0.4) is 0 Å². The minimum atomic E-state index is -1.05. The Morgan fingerprint density at radius 3 is 2.60 bits per heavy atom. The number of carboxylic acids is 1.